The minimum Gasteiger partial charge on any atom is -0.444 e. The van der Waals surface area contributed by atoms with Crippen molar-refractivity contribution in [3.8, 4) is 0 Å². The molecule has 0 aliphatic carbocycles. The normalized spacial score (nSPS) is 19.9. The number of hydrogen-bond acceptors (Lipinski definition) is 4. The summed E-state index contributed by atoms with van der Waals surface area (Å²) in [6, 6.07) is 0. The number of ether oxygens (including phenoxy) is 1. The zero-order chi connectivity index (χ0) is 13.4. The summed E-state index contributed by atoms with van der Waals surface area (Å²) in [5.74, 6) is -1.00. The highest BCUT2D eigenvalue weighted by Gasteiger charge is 2.45. The third-order valence-electron chi connectivity index (χ3n) is 2.40. The lowest BCUT2D eigenvalue weighted by atomic mass is 9.99. The predicted molar refractivity (Wildman–Crippen MR) is 60.2 cm³/mol. The minimum absolute atomic E-state index is 0.173. The molecule has 6 nitrogen and oxygen atoms in total. The number of carbonyl (C=O) groups is 3. The number of piperazine rings is 1. The van der Waals surface area contributed by atoms with Gasteiger partial charge in [-0.1, -0.05) is 0 Å². The van der Waals surface area contributed by atoms with Gasteiger partial charge in [0.2, 0.25) is 5.91 Å². The van der Waals surface area contributed by atoms with E-state index in [-0.39, 0.29) is 6.54 Å². The fraction of sp³-hybridized carbons (Fsp3) is 0.727. The van der Waals surface area contributed by atoms with E-state index in [4.69, 9.17) is 4.74 Å². The first-order valence-corrected chi connectivity index (χ1v) is 5.39. The molecule has 0 aromatic rings. The Labute approximate surface area is 100 Å². The van der Waals surface area contributed by atoms with Gasteiger partial charge in [-0.2, -0.15) is 0 Å². The quantitative estimate of drug-likeness (QED) is 0.633. The van der Waals surface area contributed by atoms with Crippen molar-refractivity contribution in [2.75, 3.05) is 6.54 Å². The second-order valence-corrected chi connectivity index (χ2v) is 5.50. The third-order valence-corrected chi connectivity index (χ3v) is 2.40. The molecule has 3 amide bonds. The maximum Gasteiger partial charge on any atom is 0.411 e. The number of carbonyl (C=O) groups excluding carboxylic acids is 3. The van der Waals surface area contributed by atoms with Crippen molar-refractivity contribution in [2.45, 2.75) is 45.8 Å². The molecule has 1 saturated heterocycles. The number of amides is 3. The molecule has 0 bridgehead atoms. The van der Waals surface area contributed by atoms with Crippen LogP contribution in [0.5, 0.6) is 0 Å². The molecule has 1 heterocycles. The van der Waals surface area contributed by atoms with E-state index in [9.17, 15) is 14.4 Å². The Balaban J connectivity index is 2.90. The summed E-state index contributed by atoms with van der Waals surface area (Å²) in [6.45, 7) is 8.14. The summed E-state index contributed by atoms with van der Waals surface area (Å²) in [5.41, 5.74) is -1.75. The standard InChI is InChI=1S/C11H18N2O4/c1-10(2,3)17-9(16)13-6-7(14)12-8(15)11(13,4)5/h6H2,1-5H3,(H,12,14,15). The minimum atomic E-state index is -1.09. The van der Waals surface area contributed by atoms with Crippen LogP contribution in [-0.2, 0) is 14.3 Å². The molecule has 1 N–H and O–H groups in total. The molecular formula is C11H18N2O4. The Morgan fingerprint density at radius 1 is 1.35 bits per heavy atom. The van der Waals surface area contributed by atoms with E-state index in [0.29, 0.717) is 0 Å². The van der Waals surface area contributed by atoms with Crippen molar-refractivity contribution in [3.63, 3.8) is 0 Å². The van der Waals surface area contributed by atoms with E-state index in [0.717, 1.165) is 4.90 Å². The van der Waals surface area contributed by atoms with Gasteiger partial charge in [0.05, 0.1) is 0 Å². The van der Waals surface area contributed by atoms with E-state index >= 15 is 0 Å². The molecule has 17 heavy (non-hydrogen) atoms. The molecule has 0 radical (unpaired) electrons. The van der Waals surface area contributed by atoms with E-state index in [2.05, 4.69) is 5.32 Å². The monoisotopic (exact) mass is 242 g/mol. The lowest BCUT2D eigenvalue weighted by Crippen LogP contribution is -2.65. The topological polar surface area (TPSA) is 75.7 Å². The Morgan fingerprint density at radius 3 is 2.35 bits per heavy atom. The maximum atomic E-state index is 11.9. The molecule has 0 spiro atoms. The molecule has 0 saturated carbocycles. The van der Waals surface area contributed by atoms with Crippen LogP contribution in [0.15, 0.2) is 0 Å². The molecule has 0 aromatic carbocycles. The number of imide groups is 1. The second-order valence-electron chi connectivity index (χ2n) is 5.50. The lowest BCUT2D eigenvalue weighted by Gasteiger charge is -2.40. The van der Waals surface area contributed by atoms with Crippen LogP contribution < -0.4 is 5.32 Å². The van der Waals surface area contributed by atoms with E-state index in [1.54, 1.807) is 34.6 Å². The van der Waals surface area contributed by atoms with Crippen molar-refractivity contribution >= 4 is 17.9 Å². The molecule has 1 fully saturated rings. The van der Waals surface area contributed by atoms with Crippen LogP contribution in [0.3, 0.4) is 0 Å². The molecule has 0 aromatic heterocycles. The first kappa shape index (κ1) is 13.5. The third kappa shape index (κ3) is 2.95. The highest BCUT2D eigenvalue weighted by Crippen LogP contribution is 2.21. The number of nitrogens with zero attached hydrogens (tertiary/aromatic N) is 1. The molecule has 96 valence electrons. The summed E-state index contributed by atoms with van der Waals surface area (Å²) < 4.78 is 5.16. The number of hydrogen-bond donors (Lipinski definition) is 1. The van der Waals surface area contributed by atoms with Crippen LogP contribution in [0.2, 0.25) is 0 Å². The van der Waals surface area contributed by atoms with Crippen molar-refractivity contribution in [1.82, 2.24) is 10.2 Å². The molecule has 1 rings (SSSR count). The van der Waals surface area contributed by atoms with Crippen LogP contribution in [-0.4, -0.2) is 40.5 Å². The van der Waals surface area contributed by atoms with Gasteiger partial charge in [-0.05, 0) is 34.6 Å². The molecule has 1 aliphatic heterocycles. The van der Waals surface area contributed by atoms with Crippen molar-refractivity contribution < 1.29 is 19.1 Å². The van der Waals surface area contributed by atoms with Gasteiger partial charge >= 0.3 is 6.09 Å². The van der Waals surface area contributed by atoms with E-state index < -0.39 is 29.0 Å². The van der Waals surface area contributed by atoms with Crippen molar-refractivity contribution in [1.29, 1.82) is 0 Å². The highest BCUT2D eigenvalue weighted by atomic mass is 16.6. The molecule has 6 heteroatoms. The van der Waals surface area contributed by atoms with Crippen LogP contribution in [0.4, 0.5) is 4.79 Å². The van der Waals surface area contributed by atoms with Gasteiger partial charge in [-0.3, -0.25) is 19.8 Å². The number of rotatable bonds is 0. The van der Waals surface area contributed by atoms with Gasteiger partial charge in [0, 0.05) is 0 Å². The zero-order valence-corrected chi connectivity index (χ0v) is 10.8. The van der Waals surface area contributed by atoms with Gasteiger partial charge in [0.25, 0.3) is 5.91 Å². The van der Waals surface area contributed by atoms with Gasteiger partial charge in [-0.15, -0.1) is 0 Å². The van der Waals surface area contributed by atoms with Gasteiger partial charge in [0.1, 0.15) is 17.7 Å². The second kappa shape index (κ2) is 4.01. The largest absolute Gasteiger partial charge is 0.444 e. The maximum absolute atomic E-state index is 11.9. The Hall–Kier alpha value is -1.59. The first-order valence-electron chi connectivity index (χ1n) is 5.39. The Morgan fingerprint density at radius 2 is 1.88 bits per heavy atom. The summed E-state index contributed by atoms with van der Waals surface area (Å²) in [4.78, 5) is 35.9. The Bertz CT molecular complexity index is 368. The molecular weight excluding hydrogens is 224 g/mol. The SMILES string of the molecule is CC(C)(C)OC(=O)N1CC(=O)NC(=O)C1(C)C. The summed E-state index contributed by atoms with van der Waals surface area (Å²) in [5, 5.41) is 2.19. The molecule has 0 atom stereocenters. The van der Waals surface area contributed by atoms with Crippen molar-refractivity contribution in [2.24, 2.45) is 0 Å². The van der Waals surface area contributed by atoms with Crippen LogP contribution in [0, 0.1) is 0 Å². The average Bonchev–Trinajstić information content (AvgIpc) is 2.08. The number of nitrogens with one attached hydrogen (secondary N) is 1. The van der Waals surface area contributed by atoms with Gasteiger partial charge < -0.3 is 4.74 Å². The summed E-state index contributed by atoms with van der Waals surface area (Å²) in [6.07, 6.45) is -0.661. The fourth-order valence-electron chi connectivity index (χ4n) is 1.39. The van der Waals surface area contributed by atoms with E-state index in [1.165, 1.54) is 0 Å². The van der Waals surface area contributed by atoms with Gasteiger partial charge in [0.15, 0.2) is 0 Å². The zero-order valence-electron chi connectivity index (χ0n) is 10.8. The average molecular weight is 242 g/mol. The smallest absolute Gasteiger partial charge is 0.411 e. The highest BCUT2D eigenvalue weighted by molar-refractivity contribution is 6.05. The Kier molecular flexibility index (Phi) is 3.18. The predicted octanol–water partition coefficient (Wildman–Crippen LogP) is 0.658. The lowest BCUT2D eigenvalue weighted by molar-refractivity contribution is -0.144. The van der Waals surface area contributed by atoms with E-state index in [1.807, 2.05) is 0 Å². The van der Waals surface area contributed by atoms with Crippen LogP contribution >= 0.6 is 0 Å². The van der Waals surface area contributed by atoms with Crippen LogP contribution in [0.25, 0.3) is 0 Å². The van der Waals surface area contributed by atoms with Gasteiger partial charge in [-0.25, -0.2) is 4.79 Å². The molecule has 1 aliphatic rings. The summed E-state index contributed by atoms with van der Waals surface area (Å²) in [7, 11) is 0. The van der Waals surface area contributed by atoms with Crippen LogP contribution in [0.1, 0.15) is 34.6 Å². The van der Waals surface area contributed by atoms with Crippen molar-refractivity contribution in [3.05, 3.63) is 0 Å². The fourth-order valence-corrected chi connectivity index (χ4v) is 1.39. The summed E-state index contributed by atoms with van der Waals surface area (Å²) >= 11 is 0. The molecule has 0 unspecified atom stereocenters. The first-order chi connectivity index (χ1) is 7.54.